The Kier molecular flexibility index (Phi) is 4.37. The number of ether oxygens (including phenoxy) is 1. The Balaban J connectivity index is 2.09. The summed E-state index contributed by atoms with van der Waals surface area (Å²) in [4.78, 5) is 0. The molecule has 0 saturated heterocycles. The van der Waals surface area contributed by atoms with Crippen LogP contribution in [0.2, 0.25) is 0 Å². The van der Waals surface area contributed by atoms with Crippen molar-refractivity contribution in [1.29, 1.82) is 5.26 Å². The standard InChI is InChI=1S/C11H20N2O/c1-3-13-11(2,8-12)9-14-7-6-10-4-5-10/h10,13H,3-7,9H2,1-2H3. The topological polar surface area (TPSA) is 45.0 Å². The van der Waals surface area contributed by atoms with Gasteiger partial charge in [-0.2, -0.15) is 5.26 Å². The maximum absolute atomic E-state index is 8.94. The van der Waals surface area contributed by atoms with Gasteiger partial charge in [0.05, 0.1) is 12.7 Å². The number of nitriles is 1. The van der Waals surface area contributed by atoms with Crippen molar-refractivity contribution in [1.82, 2.24) is 5.32 Å². The molecule has 0 aliphatic heterocycles. The molecule has 0 aromatic carbocycles. The van der Waals surface area contributed by atoms with Gasteiger partial charge in [0.15, 0.2) is 0 Å². The highest BCUT2D eigenvalue weighted by molar-refractivity contribution is 5.03. The smallest absolute Gasteiger partial charge is 0.127 e. The van der Waals surface area contributed by atoms with Crippen molar-refractivity contribution in [2.75, 3.05) is 19.8 Å². The van der Waals surface area contributed by atoms with Crippen molar-refractivity contribution in [3.8, 4) is 6.07 Å². The molecule has 0 heterocycles. The molecule has 1 aliphatic rings. The normalized spacial score (nSPS) is 20.1. The van der Waals surface area contributed by atoms with Crippen molar-refractivity contribution < 1.29 is 4.74 Å². The van der Waals surface area contributed by atoms with Crippen molar-refractivity contribution in [3.63, 3.8) is 0 Å². The zero-order chi connectivity index (χ0) is 10.4. The molecular weight excluding hydrogens is 176 g/mol. The van der Waals surface area contributed by atoms with Crippen LogP contribution in [0.25, 0.3) is 0 Å². The number of nitrogens with zero attached hydrogens (tertiary/aromatic N) is 1. The van der Waals surface area contributed by atoms with E-state index in [1.165, 1.54) is 12.8 Å². The summed E-state index contributed by atoms with van der Waals surface area (Å²) in [6.07, 6.45) is 3.89. The lowest BCUT2D eigenvalue weighted by Crippen LogP contribution is -2.45. The summed E-state index contributed by atoms with van der Waals surface area (Å²) >= 11 is 0. The van der Waals surface area contributed by atoms with E-state index in [0.29, 0.717) is 6.61 Å². The van der Waals surface area contributed by atoms with Gasteiger partial charge < -0.3 is 4.74 Å². The first-order chi connectivity index (χ1) is 6.70. The first kappa shape index (κ1) is 11.5. The van der Waals surface area contributed by atoms with Crippen LogP contribution >= 0.6 is 0 Å². The number of rotatable bonds is 7. The van der Waals surface area contributed by atoms with Gasteiger partial charge in [0.2, 0.25) is 0 Å². The molecule has 1 N–H and O–H groups in total. The minimum atomic E-state index is -0.516. The fraction of sp³-hybridized carbons (Fsp3) is 0.909. The Morgan fingerprint density at radius 3 is 2.79 bits per heavy atom. The first-order valence-corrected chi connectivity index (χ1v) is 5.44. The van der Waals surface area contributed by atoms with Crippen LogP contribution in [-0.4, -0.2) is 25.3 Å². The summed E-state index contributed by atoms with van der Waals surface area (Å²) in [5.41, 5.74) is -0.516. The molecule has 0 bridgehead atoms. The lowest BCUT2D eigenvalue weighted by atomic mass is 10.1. The van der Waals surface area contributed by atoms with E-state index in [2.05, 4.69) is 11.4 Å². The molecule has 1 aliphatic carbocycles. The van der Waals surface area contributed by atoms with Crippen LogP contribution in [0.15, 0.2) is 0 Å². The maximum Gasteiger partial charge on any atom is 0.127 e. The number of nitrogens with one attached hydrogen (secondary N) is 1. The summed E-state index contributed by atoms with van der Waals surface area (Å²) < 4.78 is 5.51. The second-order valence-corrected chi connectivity index (χ2v) is 4.26. The molecule has 80 valence electrons. The molecule has 0 radical (unpaired) electrons. The van der Waals surface area contributed by atoms with Crippen LogP contribution in [0, 0.1) is 17.2 Å². The second-order valence-electron chi connectivity index (χ2n) is 4.26. The molecule has 0 amide bonds. The van der Waals surface area contributed by atoms with Gasteiger partial charge >= 0.3 is 0 Å². The molecule has 1 saturated carbocycles. The SMILES string of the molecule is CCNC(C)(C#N)COCCC1CC1. The number of hydrogen-bond donors (Lipinski definition) is 1. The molecule has 3 heteroatoms. The van der Waals surface area contributed by atoms with E-state index < -0.39 is 5.54 Å². The third kappa shape index (κ3) is 4.08. The van der Waals surface area contributed by atoms with Crippen LogP contribution < -0.4 is 5.32 Å². The van der Waals surface area contributed by atoms with E-state index in [-0.39, 0.29) is 0 Å². The van der Waals surface area contributed by atoms with Crippen LogP contribution in [-0.2, 0) is 4.74 Å². The van der Waals surface area contributed by atoms with Gasteiger partial charge in [0.25, 0.3) is 0 Å². The average Bonchev–Trinajstić information content (AvgIpc) is 2.97. The van der Waals surface area contributed by atoms with Gasteiger partial charge in [-0.05, 0) is 25.8 Å². The fourth-order valence-electron chi connectivity index (χ4n) is 1.45. The zero-order valence-electron chi connectivity index (χ0n) is 9.18. The molecule has 1 fully saturated rings. The van der Waals surface area contributed by atoms with Gasteiger partial charge in [0, 0.05) is 6.61 Å². The highest BCUT2D eigenvalue weighted by Crippen LogP contribution is 2.32. The average molecular weight is 196 g/mol. The van der Waals surface area contributed by atoms with Crippen LogP contribution in [0.4, 0.5) is 0 Å². The summed E-state index contributed by atoms with van der Waals surface area (Å²) in [6.45, 7) is 5.97. The number of hydrogen-bond acceptors (Lipinski definition) is 3. The Bertz CT molecular complexity index is 208. The lowest BCUT2D eigenvalue weighted by molar-refractivity contribution is 0.0915. The predicted molar refractivity (Wildman–Crippen MR) is 55.9 cm³/mol. The number of likely N-dealkylation sites (N-methyl/N-ethyl adjacent to an activating group) is 1. The van der Waals surface area contributed by atoms with Crippen LogP contribution in [0.1, 0.15) is 33.1 Å². The van der Waals surface area contributed by atoms with Crippen LogP contribution in [0.5, 0.6) is 0 Å². The van der Waals surface area contributed by atoms with Gasteiger partial charge in [-0.1, -0.05) is 19.8 Å². The van der Waals surface area contributed by atoms with Gasteiger partial charge in [-0.15, -0.1) is 0 Å². The molecule has 1 rings (SSSR count). The highest BCUT2D eigenvalue weighted by atomic mass is 16.5. The summed E-state index contributed by atoms with van der Waals surface area (Å²) in [7, 11) is 0. The van der Waals surface area contributed by atoms with E-state index in [4.69, 9.17) is 10.00 Å². The summed E-state index contributed by atoms with van der Waals surface area (Å²) in [5.74, 6) is 0.905. The van der Waals surface area contributed by atoms with Gasteiger partial charge in [-0.3, -0.25) is 5.32 Å². The minimum Gasteiger partial charge on any atom is -0.378 e. The molecule has 14 heavy (non-hydrogen) atoms. The van der Waals surface area contributed by atoms with Crippen molar-refractivity contribution in [2.45, 2.75) is 38.6 Å². The van der Waals surface area contributed by atoms with E-state index in [0.717, 1.165) is 25.5 Å². The van der Waals surface area contributed by atoms with Crippen molar-refractivity contribution in [3.05, 3.63) is 0 Å². The molecule has 3 nitrogen and oxygen atoms in total. The second kappa shape index (κ2) is 5.33. The summed E-state index contributed by atoms with van der Waals surface area (Å²) in [5, 5.41) is 12.1. The Labute approximate surface area is 86.4 Å². The monoisotopic (exact) mass is 196 g/mol. The third-order valence-electron chi connectivity index (χ3n) is 2.57. The molecule has 0 aromatic heterocycles. The maximum atomic E-state index is 8.94. The Morgan fingerprint density at radius 2 is 2.29 bits per heavy atom. The van der Waals surface area contributed by atoms with Gasteiger partial charge in [0.1, 0.15) is 5.54 Å². The Morgan fingerprint density at radius 1 is 1.57 bits per heavy atom. The zero-order valence-corrected chi connectivity index (χ0v) is 9.18. The largest absolute Gasteiger partial charge is 0.378 e. The van der Waals surface area contributed by atoms with Gasteiger partial charge in [-0.25, -0.2) is 0 Å². The molecule has 0 aromatic rings. The van der Waals surface area contributed by atoms with E-state index >= 15 is 0 Å². The molecule has 1 unspecified atom stereocenters. The minimum absolute atomic E-state index is 0.490. The first-order valence-electron chi connectivity index (χ1n) is 5.44. The van der Waals surface area contributed by atoms with E-state index in [9.17, 15) is 0 Å². The lowest BCUT2D eigenvalue weighted by Gasteiger charge is -2.22. The molecular formula is C11H20N2O. The fourth-order valence-corrected chi connectivity index (χ4v) is 1.45. The summed E-state index contributed by atoms with van der Waals surface area (Å²) in [6, 6.07) is 2.25. The predicted octanol–water partition coefficient (Wildman–Crippen LogP) is 1.69. The van der Waals surface area contributed by atoms with Crippen molar-refractivity contribution in [2.24, 2.45) is 5.92 Å². The quantitative estimate of drug-likeness (QED) is 0.630. The van der Waals surface area contributed by atoms with E-state index in [1.807, 2.05) is 13.8 Å². The van der Waals surface area contributed by atoms with Crippen molar-refractivity contribution >= 4 is 0 Å². The van der Waals surface area contributed by atoms with Crippen LogP contribution in [0.3, 0.4) is 0 Å². The molecule has 0 spiro atoms. The third-order valence-corrected chi connectivity index (χ3v) is 2.57. The van der Waals surface area contributed by atoms with E-state index in [1.54, 1.807) is 0 Å². The molecule has 1 atom stereocenters. The Hall–Kier alpha value is -0.590. The highest BCUT2D eigenvalue weighted by Gasteiger charge is 2.24.